The first-order valence-corrected chi connectivity index (χ1v) is 6.06. The van der Waals surface area contributed by atoms with Crippen LogP contribution in [0, 0.1) is 10.1 Å². The van der Waals surface area contributed by atoms with Crippen molar-refractivity contribution in [3.63, 3.8) is 0 Å². The highest BCUT2D eigenvalue weighted by Crippen LogP contribution is 2.32. The highest BCUT2D eigenvalue weighted by Gasteiger charge is 2.22. The minimum Gasteiger partial charge on any atom is -0.377 e. The second-order valence-electron chi connectivity index (χ2n) is 4.44. The summed E-state index contributed by atoms with van der Waals surface area (Å²) >= 11 is 5.82. The number of halogens is 1. The first kappa shape index (κ1) is 14.7. The van der Waals surface area contributed by atoms with Gasteiger partial charge in [0.15, 0.2) is 0 Å². The lowest BCUT2D eigenvalue weighted by Gasteiger charge is -2.25. The summed E-state index contributed by atoms with van der Waals surface area (Å²) in [6.07, 6.45) is 0. The van der Waals surface area contributed by atoms with Crippen LogP contribution < -0.4 is 5.32 Å². The van der Waals surface area contributed by atoms with Crippen molar-refractivity contribution in [2.24, 2.45) is 0 Å². The SMILES string of the molecule is CCOC(C)(C)CNc1cccc(Cl)c1[N+](=O)[O-]. The predicted molar refractivity (Wildman–Crippen MR) is 72.3 cm³/mol. The zero-order valence-corrected chi connectivity index (χ0v) is 11.5. The normalized spacial score (nSPS) is 11.3. The third kappa shape index (κ3) is 3.85. The van der Waals surface area contributed by atoms with E-state index in [0.717, 1.165) is 0 Å². The van der Waals surface area contributed by atoms with Crippen molar-refractivity contribution in [1.82, 2.24) is 0 Å². The van der Waals surface area contributed by atoms with Gasteiger partial charge in [0.25, 0.3) is 0 Å². The van der Waals surface area contributed by atoms with E-state index < -0.39 is 10.5 Å². The number of nitrogens with one attached hydrogen (secondary N) is 1. The average Bonchev–Trinajstić information content (AvgIpc) is 2.26. The van der Waals surface area contributed by atoms with Gasteiger partial charge in [-0.25, -0.2) is 0 Å². The van der Waals surface area contributed by atoms with Crippen LogP contribution >= 0.6 is 11.6 Å². The third-order valence-corrected chi connectivity index (χ3v) is 2.71. The van der Waals surface area contributed by atoms with E-state index in [0.29, 0.717) is 18.8 Å². The molecule has 1 aromatic carbocycles. The topological polar surface area (TPSA) is 64.4 Å². The zero-order valence-electron chi connectivity index (χ0n) is 10.7. The molecule has 0 fully saturated rings. The van der Waals surface area contributed by atoms with Crippen molar-refractivity contribution < 1.29 is 9.66 Å². The molecule has 0 saturated heterocycles. The number of nitro groups is 1. The fourth-order valence-corrected chi connectivity index (χ4v) is 1.84. The lowest BCUT2D eigenvalue weighted by Crippen LogP contribution is -2.33. The molecule has 0 spiro atoms. The fraction of sp³-hybridized carbons (Fsp3) is 0.500. The monoisotopic (exact) mass is 272 g/mol. The molecule has 0 saturated carbocycles. The van der Waals surface area contributed by atoms with Crippen LogP contribution in [0.15, 0.2) is 18.2 Å². The molecule has 1 aromatic rings. The van der Waals surface area contributed by atoms with Gasteiger partial charge in [0.2, 0.25) is 0 Å². The third-order valence-electron chi connectivity index (χ3n) is 2.41. The van der Waals surface area contributed by atoms with E-state index in [1.54, 1.807) is 12.1 Å². The molecule has 0 atom stereocenters. The standard InChI is InChI=1S/C12H17ClN2O3/c1-4-18-12(2,3)8-14-10-7-5-6-9(13)11(10)15(16)17/h5-7,14H,4,8H2,1-3H3. The van der Waals surface area contributed by atoms with Gasteiger partial charge in [-0.3, -0.25) is 10.1 Å². The lowest BCUT2D eigenvalue weighted by atomic mass is 10.1. The smallest absolute Gasteiger partial charge is 0.310 e. The van der Waals surface area contributed by atoms with Crippen molar-refractivity contribution in [2.45, 2.75) is 26.4 Å². The molecule has 0 aromatic heterocycles. The summed E-state index contributed by atoms with van der Waals surface area (Å²) in [5.74, 6) is 0. The van der Waals surface area contributed by atoms with E-state index in [-0.39, 0.29) is 10.7 Å². The van der Waals surface area contributed by atoms with Gasteiger partial charge < -0.3 is 10.1 Å². The maximum atomic E-state index is 10.9. The van der Waals surface area contributed by atoms with Crippen LogP contribution in [0.4, 0.5) is 11.4 Å². The Morgan fingerprint density at radius 2 is 2.17 bits per heavy atom. The molecule has 0 amide bonds. The number of hydrogen-bond donors (Lipinski definition) is 1. The molecule has 0 unspecified atom stereocenters. The van der Waals surface area contributed by atoms with Crippen molar-refractivity contribution in [3.8, 4) is 0 Å². The molecule has 0 radical (unpaired) electrons. The molecule has 0 aliphatic rings. The van der Waals surface area contributed by atoms with E-state index in [9.17, 15) is 10.1 Å². The summed E-state index contributed by atoms with van der Waals surface area (Å²) in [5, 5.41) is 14.1. The second-order valence-corrected chi connectivity index (χ2v) is 4.85. The van der Waals surface area contributed by atoms with E-state index >= 15 is 0 Å². The fourth-order valence-electron chi connectivity index (χ4n) is 1.59. The number of rotatable bonds is 6. The van der Waals surface area contributed by atoms with Crippen molar-refractivity contribution in [2.75, 3.05) is 18.5 Å². The molecular formula is C12H17ClN2O3. The van der Waals surface area contributed by atoms with Crippen LogP contribution in [0.5, 0.6) is 0 Å². The van der Waals surface area contributed by atoms with Gasteiger partial charge in [0, 0.05) is 13.2 Å². The summed E-state index contributed by atoms with van der Waals surface area (Å²) in [6.45, 7) is 6.79. The van der Waals surface area contributed by atoms with Crippen molar-refractivity contribution in [3.05, 3.63) is 33.3 Å². The maximum Gasteiger partial charge on any atom is 0.310 e. The summed E-state index contributed by atoms with van der Waals surface area (Å²) in [4.78, 5) is 10.5. The summed E-state index contributed by atoms with van der Waals surface area (Å²) in [7, 11) is 0. The number of anilines is 1. The molecule has 0 aliphatic heterocycles. The molecule has 1 N–H and O–H groups in total. The van der Waals surface area contributed by atoms with E-state index in [2.05, 4.69) is 5.32 Å². The van der Waals surface area contributed by atoms with Gasteiger partial charge in [-0.1, -0.05) is 17.7 Å². The van der Waals surface area contributed by atoms with Crippen molar-refractivity contribution in [1.29, 1.82) is 0 Å². The van der Waals surface area contributed by atoms with Gasteiger partial charge in [0.1, 0.15) is 10.7 Å². The first-order valence-electron chi connectivity index (χ1n) is 5.68. The number of hydrogen-bond acceptors (Lipinski definition) is 4. The molecule has 6 heteroatoms. The van der Waals surface area contributed by atoms with Gasteiger partial charge in [-0.05, 0) is 32.9 Å². The van der Waals surface area contributed by atoms with E-state index in [4.69, 9.17) is 16.3 Å². The van der Waals surface area contributed by atoms with Crippen LogP contribution in [0.1, 0.15) is 20.8 Å². The summed E-state index contributed by atoms with van der Waals surface area (Å²) in [5.41, 5.74) is -0.1000. The number of para-hydroxylation sites is 1. The van der Waals surface area contributed by atoms with Gasteiger partial charge in [0.05, 0.1) is 10.5 Å². The number of nitro benzene ring substituents is 1. The minimum absolute atomic E-state index is 0.105. The molecule has 0 heterocycles. The van der Waals surface area contributed by atoms with Crippen LogP contribution in [-0.2, 0) is 4.74 Å². The Bertz CT molecular complexity index is 435. The molecule has 1 rings (SSSR count). The van der Waals surface area contributed by atoms with E-state index in [1.807, 2.05) is 20.8 Å². The zero-order chi connectivity index (χ0) is 13.8. The van der Waals surface area contributed by atoms with Gasteiger partial charge >= 0.3 is 5.69 Å². The first-order chi connectivity index (χ1) is 8.37. The predicted octanol–water partition coefficient (Wildman–Crippen LogP) is 3.48. The largest absolute Gasteiger partial charge is 0.377 e. The van der Waals surface area contributed by atoms with Crippen LogP contribution in [0.2, 0.25) is 5.02 Å². The maximum absolute atomic E-state index is 10.9. The molecular weight excluding hydrogens is 256 g/mol. The highest BCUT2D eigenvalue weighted by molar-refractivity contribution is 6.33. The van der Waals surface area contributed by atoms with Gasteiger partial charge in [-0.15, -0.1) is 0 Å². The number of nitrogens with zero attached hydrogens (tertiary/aromatic N) is 1. The molecule has 0 bridgehead atoms. The molecule has 5 nitrogen and oxygen atoms in total. The highest BCUT2D eigenvalue weighted by atomic mass is 35.5. The van der Waals surface area contributed by atoms with E-state index in [1.165, 1.54) is 6.07 Å². The summed E-state index contributed by atoms with van der Waals surface area (Å²) < 4.78 is 5.52. The lowest BCUT2D eigenvalue weighted by molar-refractivity contribution is -0.383. The minimum atomic E-state index is -0.488. The average molecular weight is 273 g/mol. The molecule has 0 aliphatic carbocycles. The molecule has 100 valence electrons. The Morgan fingerprint density at radius 1 is 1.50 bits per heavy atom. The number of benzene rings is 1. The Kier molecular flexibility index (Phi) is 4.93. The quantitative estimate of drug-likeness (QED) is 0.636. The van der Waals surface area contributed by atoms with Crippen LogP contribution in [-0.4, -0.2) is 23.7 Å². The number of ether oxygens (including phenoxy) is 1. The Balaban J connectivity index is 2.85. The van der Waals surface area contributed by atoms with Gasteiger partial charge in [-0.2, -0.15) is 0 Å². The summed E-state index contributed by atoms with van der Waals surface area (Å²) in [6, 6.07) is 4.80. The Hall–Kier alpha value is -1.33. The Labute approximate surface area is 111 Å². The van der Waals surface area contributed by atoms with Crippen LogP contribution in [0.3, 0.4) is 0 Å². The van der Waals surface area contributed by atoms with Crippen molar-refractivity contribution >= 4 is 23.0 Å². The Morgan fingerprint density at radius 3 is 2.72 bits per heavy atom. The molecule has 18 heavy (non-hydrogen) atoms. The second kappa shape index (κ2) is 6.02. The van der Waals surface area contributed by atoms with Crippen LogP contribution in [0.25, 0.3) is 0 Å².